The van der Waals surface area contributed by atoms with Crippen LogP contribution in [0.1, 0.15) is 50.1 Å². The fourth-order valence-electron chi connectivity index (χ4n) is 5.68. The summed E-state index contributed by atoms with van der Waals surface area (Å²) in [6.45, 7) is 3.41. The van der Waals surface area contributed by atoms with Crippen LogP contribution in [0.5, 0.6) is 0 Å². The molecule has 2 unspecified atom stereocenters. The van der Waals surface area contributed by atoms with E-state index in [1.807, 2.05) is 19.2 Å². The monoisotopic (exact) mass is 441 g/mol. The van der Waals surface area contributed by atoms with Crippen LogP contribution in [0.2, 0.25) is 0 Å². The lowest BCUT2D eigenvalue weighted by Crippen LogP contribution is -2.43. The average molecular weight is 442 g/mol. The number of fused-ring (bicyclic) bond motifs is 1. The van der Waals surface area contributed by atoms with Crippen molar-refractivity contribution < 1.29 is 14.0 Å². The molecule has 4 heterocycles. The van der Waals surface area contributed by atoms with Crippen molar-refractivity contribution in [3.05, 3.63) is 23.9 Å². The summed E-state index contributed by atoms with van der Waals surface area (Å²) in [5.74, 6) is -0.0980. The van der Waals surface area contributed by atoms with Gasteiger partial charge < -0.3 is 10.2 Å². The zero-order chi connectivity index (χ0) is 22.2. The third-order valence-corrected chi connectivity index (χ3v) is 7.57. The number of rotatable bonds is 4. The zero-order valence-corrected chi connectivity index (χ0v) is 18.6. The van der Waals surface area contributed by atoms with Crippen LogP contribution in [-0.4, -0.2) is 53.9 Å². The Morgan fingerprint density at radius 1 is 1.16 bits per heavy atom. The van der Waals surface area contributed by atoms with Crippen molar-refractivity contribution in [1.29, 1.82) is 0 Å². The summed E-state index contributed by atoms with van der Waals surface area (Å²) >= 11 is 0. The highest BCUT2D eigenvalue weighted by atomic mass is 19.1. The summed E-state index contributed by atoms with van der Waals surface area (Å²) in [5.41, 5.74) is 2.64. The lowest BCUT2D eigenvalue weighted by molar-refractivity contribution is -0.134. The van der Waals surface area contributed by atoms with E-state index in [1.54, 1.807) is 4.68 Å². The van der Waals surface area contributed by atoms with Gasteiger partial charge in [0.25, 0.3) is 0 Å². The molecular formula is C24H32FN5O2. The Morgan fingerprint density at radius 2 is 1.97 bits per heavy atom. The quantitative estimate of drug-likeness (QED) is 0.714. The van der Waals surface area contributed by atoms with Crippen LogP contribution in [0.25, 0.3) is 10.9 Å². The number of anilines is 1. The van der Waals surface area contributed by atoms with Gasteiger partial charge in [0.1, 0.15) is 6.17 Å². The van der Waals surface area contributed by atoms with E-state index in [9.17, 15) is 9.59 Å². The number of aromatic nitrogens is 2. The minimum Gasteiger partial charge on any atom is -0.369 e. The van der Waals surface area contributed by atoms with E-state index in [2.05, 4.69) is 26.7 Å². The predicted molar refractivity (Wildman–Crippen MR) is 121 cm³/mol. The van der Waals surface area contributed by atoms with Gasteiger partial charge in [0.2, 0.25) is 11.8 Å². The van der Waals surface area contributed by atoms with E-state index in [-0.39, 0.29) is 17.7 Å². The van der Waals surface area contributed by atoms with Gasteiger partial charge in [-0.15, -0.1) is 0 Å². The molecule has 7 nitrogen and oxygen atoms in total. The van der Waals surface area contributed by atoms with Crippen molar-refractivity contribution >= 4 is 28.4 Å². The van der Waals surface area contributed by atoms with E-state index < -0.39 is 12.1 Å². The van der Waals surface area contributed by atoms with Gasteiger partial charge in [0.05, 0.1) is 17.1 Å². The molecule has 2 amide bonds. The second-order valence-corrected chi connectivity index (χ2v) is 9.65. The van der Waals surface area contributed by atoms with Gasteiger partial charge in [0, 0.05) is 37.6 Å². The average Bonchev–Trinajstić information content (AvgIpc) is 3.11. The lowest BCUT2D eigenvalue weighted by atomic mass is 9.82. The number of hydrogen-bond donors (Lipinski definition) is 2. The zero-order valence-electron chi connectivity index (χ0n) is 18.6. The van der Waals surface area contributed by atoms with Crippen molar-refractivity contribution in [3.63, 3.8) is 0 Å². The molecule has 3 aliphatic rings. The summed E-state index contributed by atoms with van der Waals surface area (Å²) in [6, 6.07) is 6.06. The Balaban J connectivity index is 1.31. The molecule has 32 heavy (non-hydrogen) atoms. The van der Waals surface area contributed by atoms with Gasteiger partial charge in [-0.1, -0.05) is 0 Å². The summed E-state index contributed by atoms with van der Waals surface area (Å²) < 4.78 is 16.9. The largest absolute Gasteiger partial charge is 0.369 e. The third-order valence-electron chi connectivity index (χ3n) is 7.57. The molecule has 1 aromatic carbocycles. The minimum atomic E-state index is -0.806. The molecule has 2 aromatic rings. The molecule has 0 bridgehead atoms. The summed E-state index contributed by atoms with van der Waals surface area (Å²) in [4.78, 5) is 26.0. The van der Waals surface area contributed by atoms with Crippen molar-refractivity contribution in [2.75, 3.05) is 31.1 Å². The second-order valence-electron chi connectivity index (χ2n) is 9.65. The van der Waals surface area contributed by atoms with Gasteiger partial charge in [-0.2, -0.15) is 5.10 Å². The Kier molecular flexibility index (Phi) is 5.88. The number of hydrogen-bond acceptors (Lipinski definition) is 5. The fourth-order valence-corrected chi connectivity index (χ4v) is 5.68. The molecule has 8 heteroatoms. The maximum Gasteiger partial charge on any atom is 0.235 e. The van der Waals surface area contributed by atoms with E-state index in [0.29, 0.717) is 31.0 Å². The van der Waals surface area contributed by atoms with Crippen LogP contribution in [0, 0.1) is 11.8 Å². The molecule has 0 spiro atoms. The first-order valence-electron chi connectivity index (χ1n) is 11.9. The number of nitrogens with zero attached hydrogens (tertiary/aromatic N) is 3. The molecular weight excluding hydrogens is 409 g/mol. The first-order chi connectivity index (χ1) is 15.5. The molecule has 5 rings (SSSR count). The first kappa shape index (κ1) is 21.4. The molecule has 172 valence electrons. The summed E-state index contributed by atoms with van der Waals surface area (Å²) in [7, 11) is 1.87. The van der Waals surface area contributed by atoms with Gasteiger partial charge in [-0.05, 0) is 75.2 Å². The van der Waals surface area contributed by atoms with E-state index >= 15 is 4.39 Å². The maximum atomic E-state index is 15.1. The van der Waals surface area contributed by atoms with E-state index in [1.165, 1.54) is 12.8 Å². The van der Waals surface area contributed by atoms with Crippen molar-refractivity contribution in [2.24, 2.45) is 18.9 Å². The fraction of sp³-hybridized carbons (Fsp3) is 0.625. The number of piperidine rings is 3. The highest BCUT2D eigenvalue weighted by Gasteiger charge is 2.33. The van der Waals surface area contributed by atoms with Crippen LogP contribution in [-0.2, 0) is 16.6 Å². The van der Waals surface area contributed by atoms with Crippen LogP contribution < -0.4 is 15.5 Å². The molecule has 3 saturated heterocycles. The summed E-state index contributed by atoms with van der Waals surface area (Å²) in [5, 5.41) is 11.3. The number of carbonyl (C=O) groups excluding carboxylic acids is 2. The Labute approximate surface area is 187 Å². The predicted octanol–water partition coefficient (Wildman–Crippen LogP) is 2.65. The highest BCUT2D eigenvalue weighted by Crippen LogP contribution is 2.35. The number of carbonyl (C=O) groups is 2. The molecule has 3 aliphatic heterocycles. The molecule has 0 saturated carbocycles. The van der Waals surface area contributed by atoms with Crippen LogP contribution in [0.4, 0.5) is 10.1 Å². The highest BCUT2D eigenvalue weighted by molar-refractivity contribution is 6.02. The van der Waals surface area contributed by atoms with E-state index in [0.717, 1.165) is 49.1 Å². The Morgan fingerprint density at radius 3 is 2.72 bits per heavy atom. The van der Waals surface area contributed by atoms with E-state index in [4.69, 9.17) is 0 Å². The van der Waals surface area contributed by atoms with Gasteiger partial charge in [-0.3, -0.25) is 19.6 Å². The number of aryl methyl sites for hydroxylation is 1. The first-order valence-corrected chi connectivity index (χ1v) is 11.9. The maximum absolute atomic E-state index is 15.1. The SMILES string of the molecule is Cn1nc(C2CCC(=O)NC2=O)c2ccc(N3CCC(CC4CCNCC4)[C@H](F)C3)cc21. The standard InChI is InChI=1S/C24H32FN5O2/c1-29-21-13-17(2-3-18(21)23(28-29)19-4-5-22(31)27-24(19)32)30-11-8-16(20(25)14-30)12-15-6-9-26-10-7-15/h2-3,13,15-16,19-20,26H,4-12,14H2,1H3,(H,27,31,32)/t16?,19?,20-/m1/s1. The minimum absolute atomic E-state index is 0.161. The number of nitrogens with one attached hydrogen (secondary N) is 2. The van der Waals surface area contributed by atoms with Gasteiger partial charge in [0.15, 0.2) is 0 Å². The van der Waals surface area contributed by atoms with Gasteiger partial charge in [-0.25, -0.2) is 4.39 Å². The van der Waals surface area contributed by atoms with Gasteiger partial charge >= 0.3 is 0 Å². The smallest absolute Gasteiger partial charge is 0.235 e. The van der Waals surface area contributed by atoms with Crippen molar-refractivity contribution in [2.45, 2.75) is 50.6 Å². The number of imide groups is 1. The molecule has 0 radical (unpaired) electrons. The topological polar surface area (TPSA) is 79.3 Å². The third kappa shape index (κ3) is 4.12. The molecule has 1 aromatic heterocycles. The van der Waals surface area contributed by atoms with Crippen LogP contribution >= 0.6 is 0 Å². The Hall–Kier alpha value is -2.48. The Bertz CT molecular complexity index is 1020. The lowest BCUT2D eigenvalue weighted by Gasteiger charge is -2.38. The van der Waals surface area contributed by atoms with Crippen LogP contribution in [0.3, 0.4) is 0 Å². The van der Waals surface area contributed by atoms with Crippen LogP contribution in [0.15, 0.2) is 18.2 Å². The molecule has 3 atom stereocenters. The normalized spacial score (nSPS) is 27.7. The molecule has 0 aliphatic carbocycles. The number of benzene rings is 1. The van der Waals surface area contributed by atoms with Crippen molar-refractivity contribution in [3.8, 4) is 0 Å². The second kappa shape index (κ2) is 8.81. The van der Waals surface area contributed by atoms with Crippen molar-refractivity contribution in [1.82, 2.24) is 20.4 Å². The summed E-state index contributed by atoms with van der Waals surface area (Å²) in [6.07, 6.45) is 4.23. The number of halogens is 1. The molecule has 2 N–H and O–H groups in total. The molecule has 3 fully saturated rings. The number of alkyl halides is 1. The number of amides is 2.